The fourth-order valence-electron chi connectivity index (χ4n) is 2.01. The van der Waals surface area contributed by atoms with Crippen LogP contribution in [0, 0.1) is 3.57 Å². The topological polar surface area (TPSA) is 78.9 Å². The van der Waals surface area contributed by atoms with Gasteiger partial charge in [-0.15, -0.1) is 0 Å². The number of carboxylic acids is 1. The highest BCUT2D eigenvalue weighted by atomic mass is 127. The Labute approximate surface area is 140 Å². The quantitative estimate of drug-likeness (QED) is 0.731. The van der Waals surface area contributed by atoms with Crippen molar-refractivity contribution in [3.05, 3.63) is 26.8 Å². The molecule has 0 spiro atoms. The van der Waals surface area contributed by atoms with Crippen LogP contribution in [0.3, 0.4) is 0 Å². The van der Waals surface area contributed by atoms with Gasteiger partial charge in [-0.25, -0.2) is 4.79 Å². The largest absolute Gasteiger partial charge is 0.481 e. The van der Waals surface area contributed by atoms with Gasteiger partial charge in [0.2, 0.25) is 0 Å². The smallest absolute Gasteiger partial charge is 0.322 e. The minimum Gasteiger partial charge on any atom is -0.481 e. The summed E-state index contributed by atoms with van der Waals surface area (Å²) in [6.07, 6.45) is -0.595. The van der Waals surface area contributed by atoms with Gasteiger partial charge >= 0.3 is 12.0 Å². The maximum atomic E-state index is 12.2. The van der Waals surface area contributed by atoms with Crippen LogP contribution in [0.1, 0.15) is 6.42 Å². The average Bonchev–Trinajstić information content (AvgIpc) is 2.41. The average molecular weight is 425 g/mol. The van der Waals surface area contributed by atoms with E-state index < -0.39 is 12.1 Å². The first-order chi connectivity index (χ1) is 9.95. The third kappa shape index (κ3) is 4.72. The Morgan fingerprint density at radius 1 is 1.52 bits per heavy atom. The van der Waals surface area contributed by atoms with Gasteiger partial charge in [-0.1, -0.05) is 11.6 Å². The van der Waals surface area contributed by atoms with E-state index in [4.69, 9.17) is 21.4 Å². The Hall–Kier alpha value is -1.06. The highest BCUT2D eigenvalue weighted by Crippen LogP contribution is 2.24. The number of nitrogens with zero attached hydrogens (tertiary/aromatic N) is 1. The highest BCUT2D eigenvalue weighted by Gasteiger charge is 2.26. The summed E-state index contributed by atoms with van der Waals surface area (Å²) < 4.78 is 6.30. The number of hydrogen-bond acceptors (Lipinski definition) is 3. The molecule has 1 aromatic carbocycles. The zero-order valence-electron chi connectivity index (χ0n) is 11.0. The number of ether oxygens (including phenoxy) is 1. The fraction of sp³-hybridized carbons (Fsp3) is 0.385. The first-order valence-electron chi connectivity index (χ1n) is 6.30. The molecule has 1 aliphatic rings. The SMILES string of the molecule is O=C(O)CC1CN(C(=O)Nc2ccc(I)cc2Cl)CCO1. The summed E-state index contributed by atoms with van der Waals surface area (Å²) in [5.41, 5.74) is 0.531. The van der Waals surface area contributed by atoms with Crippen LogP contribution in [-0.2, 0) is 9.53 Å². The van der Waals surface area contributed by atoms with Gasteiger partial charge in [0.1, 0.15) is 0 Å². The Balaban J connectivity index is 1.97. The number of carbonyl (C=O) groups excluding carboxylic acids is 1. The number of hydrogen-bond donors (Lipinski definition) is 2. The summed E-state index contributed by atoms with van der Waals surface area (Å²) in [6.45, 7) is 0.996. The Kier molecular flexibility index (Phi) is 5.65. The maximum Gasteiger partial charge on any atom is 0.322 e. The second kappa shape index (κ2) is 7.28. The lowest BCUT2D eigenvalue weighted by Gasteiger charge is -2.32. The van der Waals surface area contributed by atoms with Crippen LogP contribution in [0.5, 0.6) is 0 Å². The van der Waals surface area contributed by atoms with Gasteiger partial charge in [-0.05, 0) is 40.8 Å². The lowest BCUT2D eigenvalue weighted by Crippen LogP contribution is -2.47. The molecule has 0 radical (unpaired) electrons. The zero-order valence-corrected chi connectivity index (χ0v) is 13.9. The number of aliphatic carboxylic acids is 1. The van der Waals surface area contributed by atoms with Crippen LogP contribution < -0.4 is 5.32 Å². The molecule has 1 aromatic rings. The third-order valence-electron chi connectivity index (χ3n) is 3.00. The van der Waals surface area contributed by atoms with Gasteiger partial charge in [0.25, 0.3) is 0 Å². The molecule has 1 saturated heterocycles. The van der Waals surface area contributed by atoms with E-state index in [1.54, 1.807) is 12.1 Å². The van der Waals surface area contributed by atoms with Crippen LogP contribution in [0.2, 0.25) is 5.02 Å². The predicted molar refractivity (Wildman–Crippen MR) is 86.8 cm³/mol. The number of carboxylic acid groups (broad SMARTS) is 1. The van der Waals surface area contributed by atoms with Crippen molar-refractivity contribution in [1.82, 2.24) is 4.90 Å². The lowest BCUT2D eigenvalue weighted by molar-refractivity contribution is -0.141. The molecule has 0 aromatic heterocycles. The summed E-state index contributed by atoms with van der Waals surface area (Å²) in [4.78, 5) is 24.4. The zero-order chi connectivity index (χ0) is 15.4. The summed E-state index contributed by atoms with van der Waals surface area (Å²) >= 11 is 8.20. The Morgan fingerprint density at radius 3 is 2.95 bits per heavy atom. The molecule has 1 unspecified atom stereocenters. The van der Waals surface area contributed by atoms with Crippen molar-refractivity contribution < 1.29 is 19.4 Å². The molecule has 0 bridgehead atoms. The number of amides is 2. The van der Waals surface area contributed by atoms with Gasteiger partial charge in [0.15, 0.2) is 0 Å². The summed E-state index contributed by atoms with van der Waals surface area (Å²) in [5.74, 6) is -0.942. The molecule has 21 heavy (non-hydrogen) atoms. The molecule has 1 aliphatic heterocycles. The third-order valence-corrected chi connectivity index (χ3v) is 3.98. The van der Waals surface area contributed by atoms with Crippen molar-refractivity contribution in [2.24, 2.45) is 0 Å². The van der Waals surface area contributed by atoms with Gasteiger partial charge < -0.3 is 20.1 Å². The number of anilines is 1. The van der Waals surface area contributed by atoms with E-state index in [0.717, 1.165) is 3.57 Å². The molecule has 1 heterocycles. The fourth-order valence-corrected chi connectivity index (χ4v) is 2.91. The van der Waals surface area contributed by atoms with E-state index >= 15 is 0 Å². The number of benzene rings is 1. The van der Waals surface area contributed by atoms with E-state index in [-0.39, 0.29) is 19.0 Å². The molecular weight excluding hydrogens is 411 g/mol. The van der Waals surface area contributed by atoms with E-state index in [9.17, 15) is 9.59 Å². The second-order valence-corrected chi connectivity index (χ2v) is 6.24. The minimum atomic E-state index is -0.942. The van der Waals surface area contributed by atoms with Crippen LogP contribution >= 0.6 is 34.2 Å². The van der Waals surface area contributed by atoms with Crippen molar-refractivity contribution in [2.75, 3.05) is 25.0 Å². The molecule has 2 amide bonds. The van der Waals surface area contributed by atoms with Crippen molar-refractivity contribution in [3.8, 4) is 0 Å². The van der Waals surface area contributed by atoms with Gasteiger partial charge in [0, 0.05) is 16.7 Å². The molecule has 1 fully saturated rings. The minimum absolute atomic E-state index is 0.117. The Morgan fingerprint density at radius 2 is 2.29 bits per heavy atom. The molecule has 0 aliphatic carbocycles. The van der Waals surface area contributed by atoms with Crippen LogP contribution in [-0.4, -0.2) is 47.8 Å². The highest BCUT2D eigenvalue weighted by molar-refractivity contribution is 14.1. The number of halogens is 2. The molecule has 2 N–H and O–H groups in total. The number of nitrogens with one attached hydrogen (secondary N) is 1. The van der Waals surface area contributed by atoms with E-state index in [1.807, 2.05) is 6.07 Å². The van der Waals surface area contributed by atoms with Crippen molar-refractivity contribution in [3.63, 3.8) is 0 Å². The standard InChI is InChI=1S/C13H14ClIN2O4/c14-10-5-8(15)1-2-11(10)16-13(20)17-3-4-21-9(7-17)6-12(18)19/h1-2,5,9H,3-4,6-7H2,(H,16,20)(H,18,19). The number of morpholine rings is 1. The van der Waals surface area contributed by atoms with E-state index in [1.165, 1.54) is 4.90 Å². The summed E-state index contributed by atoms with van der Waals surface area (Å²) in [6, 6.07) is 5.02. The maximum absolute atomic E-state index is 12.2. The molecule has 2 rings (SSSR count). The predicted octanol–water partition coefficient (Wildman–Crippen LogP) is 2.65. The normalized spacial score (nSPS) is 18.4. The summed E-state index contributed by atoms with van der Waals surface area (Å²) in [5, 5.41) is 12.0. The van der Waals surface area contributed by atoms with Crippen molar-refractivity contribution in [2.45, 2.75) is 12.5 Å². The van der Waals surface area contributed by atoms with Crippen molar-refractivity contribution >= 4 is 51.9 Å². The van der Waals surface area contributed by atoms with E-state index in [2.05, 4.69) is 27.9 Å². The monoisotopic (exact) mass is 424 g/mol. The lowest BCUT2D eigenvalue weighted by atomic mass is 10.2. The van der Waals surface area contributed by atoms with Gasteiger partial charge in [0.05, 0.1) is 29.8 Å². The van der Waals surface area contributed by atoms with E-state index in [0.29, 0.717) is 23.9 Å². The molecule has 8 heteroatoms. The van der Waals surface area contributed by atoms with Crippen LogP contribution in [0.25, 0.3) is 0 Å². The van der Waals surface area contributed by atoms with Crippen LogP contribution in [0.4, 0.5) is 10.5 Å². The second-order valence-electron chi connectivity index (χ2n) is 4.59. The summed E-state index contributed by atoms with van der Waals surface area (Å²) in [7, 11) is 0. The number of urea groups is 1. The molecule has 6 nitrogen and oxygen atoms in total. The molecule has 114 valence electrons. The molecule has 0 saturated carbocycles. The first-order valence-corrected chi connectivity index (χ1v) is 7.76. The van der Waals surface area contributed by atoms with Crippen LogP contribution in [0.15, 0.2) is 18.2 Å². The number of rotatable bonds is 3. The Bertz CT molecular complexity index is 555. The number of carbonyl (C=O) groups is 2. The van der Waals surface area contributed by atoms with Crippen molar-refractivity contribution in [1.29, 1.82) is 0 Å². The van der Waals surface area contributed by atoms with Gasteiger partial charge in [-0.3, -0.25) is 4.79 Å². The molecule has 1 atom stereocenters. The molecular formula is C13H14ClIN2O4. The van der Waals surface area contributed by atoms with Gasteiger partial charge in [-0.2, -0.15) is 0 Å². The first kappa shape index (κ1) is 16.3.